The van der Waals surface area contributed by atoms with Crippen molar-refractivity contribution in [3.8, 4) is 0 Å². The molecule has 0 aliphatic rings. The summed E-state index contributed by atoms with van der Waals surface area (Å²) in [7, 11) is -4.22. The van der Waals surface area contributed by atoms with Crippen LogP contribution in [0.5, 0.6) is 0 Å². The zero-order valence-electron chi connectivity index (χ0n) is 22.0. The number of carbonyl (C=O) groups excluding carboxylic acids is 2. The first-order valence-corrected chi connectivity index (χ1v) is 14.8. The molecule has 0 bridgehead atoms. The maximum Gasteiger partial charge on any atom is 0.264 e. The first-order chi connectivity index (χ1) is 18.3. The summed E-state index contributed by atoms with van der Waals surface area (Å²) in [4.78, 5) is 28.2. The molecule has 0 radical (unpaired) electrons. The number of amides is 2. The Morgan fingerprint density at radius 3 is 2.10 bits per heavy atom. The zero-order valence-corrected chi connectivity index (χ0v) is 25.1. The Labute approximate surface area is 244 Å². The minimum atomic E-state index is -4.22. The highest BCUT2D eigenvalue weighted by molar-refractivity contribution is 7.92. The number of nitrogens with zero attached hydrogens (tertiary/aromatic N) is 2. The summed E-state index contributed by atoms with van der Waals surface area (Å²) in [5.74, 6) is -0.990. The van der Waals surface area contributed by atoms with Gasteiger partial charge in [-0.2, -0.15) is 0 Å². The third-order valence-electron chi connectivity index (χ3n) is 5.98. The summed E-state index contributed by atoms with van der Waals surface area (Å²) in [5.41, 5.74) is 1.64. The first kappa shape index (κ1) is 30.8. The Kier molecular flexibility index (Phi) is 10.3. The third-order valence-corrected chi connectivity index (χ3v) is 8.87. The van der Waals surface area contributed by atoms with Crippen molar-refractivity contribution in [2.45, 2.75) is 51.2 Å². The van der Waals surface area contributed by atoms with Crippen LogP contribution in [0.2, 0.25) is 15.1 Å². The average Bonchev–Trinajstić information content (AvgIpc) is 2.87. The van der Waals surface area contributed by atoms with Gasteiger partial charge in [-0.25, -0.2) is 8.42 Å². The Morgan fingerprint density at radius 2 is 1.51 bits per heavy atom. The smallest absolute Gasteiger partial charge is 0.264 e. The van der Waals surface area contributed by atoms with Crippen LogP contribution < -0.4 is 9.62 Å². The number of sulfonamides is 1. The fourth-order valence-electron chi connectivity index (χ4n) is 3.80. The van der Waals surface area contributed by atoms with E-state index in [0.717, 1.165) is 9.87 Å². The van der Waals surface area contributed by atoms with Gasteiger partial charge in [-0.3, -0.25) is 13.9 Å². The second kappa shape index (κ2) is 13.0. The molecule has 0 spiro atoms. The molecule has 0 unspecified atom stereocenters. The minimum absolute atomic E-state index is 0.00442. The van der Waals surface area contributed by atoms with Gasteiger partial charge in [0.25, 0.3) is 10.0 Å². The number of hydrogen-bond donors (Lipinski definition) is 1. The Balaban J connectivity index is 2.07. The van der Waals surface area contributed by atoms with E-state index in [9.17, 15) is 18.0 Å². The normalized spacial score (nSPS) is 12.2. The number of carbonyl (C=O) groups is 2. The minimum Gasteiger partial charge on any atom is -0.352 e. The predicted octanol–water partition coefficient (Wildman–Crippen LogP) is 6.09. The molecule has 0 aromatic heterocycles. The van der Waals surface area contributed by atoms with Gasteiger partial charge in [0.2, 0.25) is 11.8 Å². The van der Waals surface area contributed by atoms with Crippen LogP contribution in [0.25, 0.3) is 0 Å². The van der Waals surface area contributed by atoms with Crippen molar-refractivity contribution < 1.29 is 18.0 Å². The lowest BCUT2D eigenvalue weighted by Gasteiger charge is -2.32. The number of anilines is 1. The number of nitrogens with one attached hydrogen (secondary N) is 1. The fraction of sp³-hybridized carbons (Fsp3) is 0.286. The van der Waals surface area contributed by atoms with Gasteiger partial charge >= 0.3 is 0 Å². The van der Waals surface area contributed by atoms with Crippen molar-refractivity contribution in [1.29, 1.82) is 0 Å². The van der Waals surface area contributed by atoms with Gasteiger partial charge in [-0.05, 0) is 69.7 Å². The van der Waals surface area contributed by atoms with Crippen molar-refractivity contribution in [2.75, 3.05) is 10.8 Å². The standard InChI is InChI=1S/C28H30Cl3N3O4S/c1-18(2)32-28(36)20(4)33(16-21-7-5-6-8-24(21)29)27(35)17-34(22-11-14-25(30)26(31)15-22)39(37,38)23-12-9-19(3)10-13-23/h5-15,18,20H,16-17H2,1-4H3,(H,32,36)/t20-/m1/s1. The molecule has 3 aromatic rings. The molecule has 0 heterocycles. The van der Waals surface area contributed by atoms with Gasteiger partial charge in [0.15, 0.2) is 0 Å². The summed E-state index contributed by atoms with van der Waals surface area (Å²) in [6.45, 7) is 6.44. The summed E-state index contributed by atoms with van der Waals surface area (Å²) in [6.07, 6.45) is 0. The summed E-state index contributed by atoms with van der Waals surface area (Å²) in [6, 6.07) is 16.5. The number of aryl methyl sites for hydroxylation is 1. The monoisotopic (exact) mass is 609 g/mol. The van der Waals surface area contributed by atoms with E-state index in [1.165, 1.54) is 35.2 Å². The molecule has 0 aliphatic heterocycles. The molecule has 7 nitrogen and oxygen atoms in total. The molecule has 1 N–H and O–H groups in total. The van der Waals surface area contributed by atoms with E-state index in [1.807, 2.05) is 20.8 Å². The Bertz CT molecular complexity index is 1450. The quantitative estimate of drug-likeness (QED) is 0.301. The van der Waals surface area contributed by atoms with Crippen LogP contribution in [0.1, 0.15) is 31.9 Å². The van der Waals surface area contributed by atoms with Gasteiger partial charge in [0, 0.05) is 17.6 Å². The van der Waals surface area contributed by atoms with Crippen LogP contribution in [-0.2, 0) is 26.2 Å². The predicted molar refractivity (Wildman–Crippen MR) is 157 cm³/mol. The molecule has 1 atom stereocenters. The maximum atomic E-state index is 13.9. The molecule has 0 saturated heterocycles. The Hall–Kier alpha value is -2.78. The Morgan fingerprint density at radius 1 is 0.872 bits per heavy atom. The van der Waals surface area contributed by atoms with E-state index in [0.29, 0.717) is 10.6 Å². The second-order valence-corrected chi connectivity index (χ2v) is 12.5. The lowest BCUT2D eigenvalue weighted by atomic mass is 10.1. The number of benzene rings is 3. The van der Waals surface area contributed by atoms with Crippen LogP contribution in [0.15, 0.2) is 71.6 Å². The van der Waals surface area contributed by atoms with Crippen molar-refractivity contribution in [3.63, 3.8) is 0 Å². The van der Waals surface area contributed by atoms with Crippen molar-refractivity contribution in [1.82, 2.24) is 10.2 Å². The second-order valence-electron chi connectivity index (χ2n) is 9.38. The molecular weight excluding hydrogens is 581 g/mol. The first-order valence-electron chi connectivity index (χ1n) is 12.2. The van der Waals surface area contributed by atoms with Crippen LogP contribution in [0, 0.1) is 6.92 Å². The third kappa shape index (κ3) is 7.66. The van der Waals surface area contributed by atoms with Crippen LogP contribution in [-0.4, -0.2) is 43.8 Å². The lowest BCUT2D eigenvalue weighted by molar-refractivity contribution is -0.139. The topological polar surface area (TPSA) is 86.8 Å². The van der Waals surface area contributed by atoms with Crippen LogP contribution in [0.3, 0.4) is 0 Å². The molecular formula is C28H30Cl3N3O4S. The van der Waals surface area contributed by atoms with Gasteiger partial charge in [-0.15, -0.1) is 0 Å². The van der Waals surface area contributed by atoms with Crippen LogP contribution in [0.4, 0.5) is 5.69 Å². The lowest BCUT2D eigenvalue weighted by Crippen LogP contribution is -2.52. The average molecular weight is 611 g/mol. The van der Waals surface area contributed by atoms with Crippen molar-refractivity contribution >= 4 is 62.3 Å². The highest BCUT2D eigenvalue weighted by Crippen LogP contribution is 2.31. The molecule has 39 heavy (non-hydrogen) atoms. The number of hydrogen-bond acceptors (Lipinski definition) is 4. The summed E-state index contributed by atoms with van der Waals surface area (Å²) >= 11 is 18.7. The molecule has 0 fully saturated rings. The van der Waals surface area contributed by atoms with E-state index in [2.05, 4.69) is 5.32 Å². The van der Waals surface area contributed by atoms with E-state index in [4.69, 9.17) is 34.8 Å². The molecule has 2 amide bonds. The largest absolute Gasteiger partial charge is 0.352 e. The van der Waals surface area contributed by atoms with Gasteiger partial charge < -0.3 is 10.2 Å². The summed E-state index contributed by atoms with van der Waals surface area (Å²) in [5, 5.41) is 3.59. The van der Waals surface area contributed by atoms with Gasteiger partial charge in [0.05, 0.1) is 20.6 Å². The highest BCUT2D eigenvalue weighted by Gasteiger charge is 2.33. The molecule has 3 rings (SSSR count). The molecule has 3 aromatic carbocycles. The fourth-order valence-corrected chi connectivity index (χ4v) is 5.70. The molecule has 0 aliphatic carbocycles. The summed E-state index contributed by atoms with van der Waals surface area (Å²) < 4.78 is 28.6. The SMILES string of the molecule is Cc1ccc(S(=O)(=O)N(CC(=O)N(Cc2ccccc2Cl)[C@H](C)C(=O)NC(C)C)c2ccc(Cl)c(Cl)c2)cc1. The van der Waals surface area contributed by atoms with E-state index >= 15 is 0 Å². The van der Waals surface area contributed by atoms with E-state index in [-0.39, 0.29) is 39.1 Å². The van der Waals surface area contributed by atoms with Gasteiger partial charge in [-0.1, -0.05) is 70.7 Å². The zero-order chi connectivity index (χ0) is 28.9. The highest BCUT2D eigenvalue weighted by atomic mass is 35.5. The maximum absolute atomic E-state index is 13.9. The molecule has 208 valence electrons. The van der Waals surface area contributed by atoms with Crippen molar-refractivity contribution in [2.24, 2.45) is 0 Å². The van der Waals surface area contributed by atoms with E-state index < -0.39 is 28.5 Å². The van der Waals surface area contributed by atoms with Crippen LogP contribution >= 0.6 is 34.8 Å². The molecule has 0 saturated carbocycles. The number of rotatable bonds is 10. The van der Waals surface area contributed by atoms with Gasteiger partial charge in [0.1, 0.15) is 12.6 Å². The van der Waals surface area contributed by atoms with Crippen molar-refractivity contribution in [3.05, 3.63) is 92.9 Å². The number of halogens is 3. The van der Waals surface area contributed by atoms with E-state index in [1.54, 1.807) is 43.3 Å². The molecule has 11 heteroatoms.